The van der Waals surface area contributed by atoms with Crippen LogP contribution < -0.4 is 9.47 Å². The minimum Gasteiger partial charge on any atom is -0.454 e. The molecule has 0 bridgehead atoms. The van der Waals surface area contributed by atoms with Crippen molar-refractivity contribution in [1.29, 1.82) is 0 Å². The van der Waals surface area contributed by atoms with Gasteiger partial charge in [-0.05, 0) is 66.8 Å². The molecule has 1 aliphatic heterocycles. The first kappa shape index (κ1) is 20.2. The van der Waals surface area contributed by atoms with Crippen molar-refractivity contribution < 1.29 is 9.47 Å². The predicted octanol–water partition coefficient (Wildman–Crippen LogP) is 6.34. The van der Waals surface area contributed by atoms with Crippen LogP contribution in [0.1, 0.15) is 49.1 Å². The van der Waals surface area contributed by atoms with Crippen LogP contribution in [-0.2, 0) is 25.0 Å². The van der Waals surface area contributed by atoms with E-state index in [0.29, 0.717) is 12.7 Å². The van der Waals surface area contributed by atoms with Gasteiger partial charge in [-0.25, -0.2) is 15.0 Å². The Morgan fingerprint density at radius 2 is 1.91 bits per heavy atom. The first-order chi connectivity index (χ1) is 15.7. The van der Waals surface area contributed by atoms with Crippen molar-refractivity contribution in [2.24, 2.45) is 5.92 Å². The summed E-state index contributed by atoms with van der Waals surface area (Å²) in [4.78, 5) is 15.7. The van der Waals surface area contributed by atoms with E-state index in [-0.39, 0.29) is 0 Å². The number of thioether (sulfide) groups is 1. The molecule has 6 rings (SSSR count). The van der Waals surface area contributed by atoms with Gasteiger partial charge in [0.2, 0.25) is 6.79 Å². The molecular weight excluding hydrogens is 438 g/mol. The summed E-state index contributed by atoms with van der Waals surface area (Å²) in [6.45, 7) is 4.86. The summed E-state index contributed by atoms with van der Waals surface area (Å²) in [5, 5.41) is 2.31. The maximum Gasteiger partial charge on any atom is 0.231 e. The van der Waals surface area contributed by atoms with E-state index in [2.05, 4.69) is 31.0 Å². The van der Waals surface area contributed by atoms with Crippen LogP contribution in [0.2, 0.25) is 0 Å². The van der Waals surface area contributed by atoms with E-state index in [9.17, 15) is 0 Å². The van der Waals surface area contributed by atoms with Gasteiger partial charge in [0.05, 0.1) is 10.2 Å². The Hall–Kier alpha value is -2.38. The molecule has 0 radical (unpaired) electrons. The number of aryl methyl sites for hydroxylation is 1. The number of fused-ring (bicyclic) bond motifs is 6. The van der Waals surface area contributed by atoms with Gasteiger partial charge in [-0.15, -0.1) is 23.1 Å². The van der Waals surface area contributed by atoms with Gasteiger partial charge in [-0.1, -0.05) is 19.9 Å². The largest absolute Gasteiger partial charge is 0.454 e. The lowest BCUT2D eigenvalue weighted by atomic mass is 9.87. The summed E-state index contributed by atoms with van der Waals surface area (Å²) in [6, 6.07) is 6.15. The lowest BCUT2D eigenvalue weighted by Gasteiger charge is -2.20. The van der Waals surface area contributed by atoms with E-state index in [1.807, 2.05) is 6.07 Å². The molecule has 0 saturated carbocycles. The van der Waals surface area contributed by atoms with Crippen LogP contribution >= 0.6 is 23.1 Å². The third kappa shape index (κ3) is 3.52. The molecule has 32 heavy (non-hydrogen) atoms. The van der Waals surface area contributed by atoms with Crippen LogP contribution in [0.5, 0.6) is 11.5 Å². The Balaban J connectivity index is 1.41. The number of rotatable bonds is 5. The quantitative estimate of drug-likeness (QED) is 0.254. The van der Waals surface area contributed by atoms with Crippen molar-refractivity contribution in [3.05, 3.63) is 46.9 Å². The van der Waals surface area contributed by atoms with Crippen molar-refractivity contribution in [2.75, 3.05) is 6.79 Å². The van der Waals surface area contributed by atoms with Crippen LogP contribution in [0.15, 0.2) is 29.6 Å². The van der Waals surface area contributed by atoms with Crippen LogP contribution in [0.25, 0.3) is 20.4 Å². The summed E-state index contributed by atoms with van der Waals surface area (Å²) < 4.78 is 12.1. The zero-order valence-corrected chi connectivity index (χ0v) is 19.9. The summed E-state index contributed by atoms with van der Waals surface area (Å²) >= 11 is 3.51. The number of pyridine rings is 1. The molecule has 1 aliphatic carbocycles. The molecule has 4 heterocycles. The third-order valence-corrected chi connectivity index (χ3v) is 8.46. The van der Waals surface area contributed by atoms with Gasteiger partial charge < -0.3 is 9.47 Å². The van der Waals surface area contributed by atoms with Crippen LogP contribution in [0.3, 0.4) is 0 Å². The highest BCUT2D eigenvalue weighted by Gasteiger charge is 2.23. The summed E-state index contributed by atoms with van der Waals surface area (Å²) in [7, 11) is 0. The van der Waals surface area contributed by atoms with E-state index in [4.69, 9.17) is 19.4 Å². The van der Waals surface area contributed by atoms with Gasteiger partial charge in [-0.3, -0.25) is 0 Å². The van der Waals surface area contributed by atoms with Crippen molar-refractivity contribution in [2.45, 2.75) is 56.7 Å². The van der Waals surface area contributed by atoms with Gasteiger partial charge in [0.25, 0.3) is 0 Å². The molecule has 3 aromatic heterocycles. The fraction of sp³-hybridized carbons (Fsp3) is 0.400. The van der Waals surface area contributed by atoms with Crippen LogP contribution in [-0.4, -0.2) is 21.7 Å². The number of aromatic nitrogens is 3. The second-order valence-corrected chi connectivity index (χ2v) is 10.9. The topological polar surface area (TPSA) is 57.1 Å². The molecule has 2 aliphatic rings. The van der Waals surface area contributed by atoms with E-state index < -0.39 is 0 Å². The second kappa shape index (κ2) is 8.19. The van der Waals surface area contributed by atoms with E-state index >= 15 is 0 Å². The van der Waals surface area contributed by atoms with Crippen LogP contribution in [0, 0.1) is 5.92 Å². The summed E-state index contributed by atoms with van der Waals surface area (Å²) in [6.07, 6.45) is 7.56. The number of ether oxygens (including phenoxy) is 2. The standard InChI is InChI=1S/C25H25N3O2S2/c1-14(2)9-18-16-5-3-4-6-17(16)21-22-23(32-24(21)28-18)25(27-12-26-22)31-11-15-7-8-19-20(10-15)30-13-29-19/h7-8,10,12,14H,3-6,9,11,13H2,1-2H3. The number of benzene rings is 1. The molecule has 164 valence electrons. The maximum atomic E-state index is 5.53. The zero-order valence-electron chi connectivity index (χ0n) is 18.3. The fourth-order valence-electron chi connectivity index (χ4n) is 4.76. The molecule has 1 aromatic carbocycles. The minimum atomic E-state index is 0.302. The maximum absolute atomic E-state index is 5.53. The Morgan fingerprint density at radius 3 is 2.78 bits per heavy atom. The Kier molecular flexibility index (Phi) is 5.18. The van der Waals surface area contributed by atoms with Crippen molar-refractivity contribution >= 4 is 43.5 Å². The van der Waals surface area contributed by atoms with Crippen LogP contribution in [0.4, 0.5) is 0 Å². The van der Waals surface area contributed by atoms with Crippen molar-refractivity contribution in [3.63, 3.8) is 0 Å². The number of thiophene rings is 1. The predicted molar refractivity (Wildman–Crippen MR) is 130 cm³/mol. The third-order valence-electron chi connectivity index (χ3n) is 6.19. The SMILES string of the molecule is CC(C)Cc1nc2sc3c(SCc4ccc5c(c4)OCO5)ncnc3c2c2c1CCCC2. The van der Waals surface area contributed by atoms with Gasteiger partial charge >= 0.3 is 0 Å². The van der Waals surface area contributed by atoms with Crippen molar-refractivity contribution in [3.8, 4) is 11.5 Å². The average Bonchev–Trinajstić information content (AvgIpc) is 3.41. The Labute approximate surface area is 195 Å². The number of hydrogen-bond acceptors (Lipinski definition) is 7. The fourth-order valence-corrected chi connectivity index (χ4v) is 6.95. The molecule has 0 saturated heterocycles. The minimum absolute atomic E-state index is 0.302. The smallest absolute Gasteiger partial charge is 0.231 e. The number of hydrogen-bond donors (Lipinski definition) is 0. The average molecular weight is 464 g/mol. The van der Waals surface area contributed by atoms with Crippen molar-refractivity contribution in [1.82, 2.24) is 15.0 Å². The molecule has 0 fully saturated rings. The zero-order chi connectivity index (χ0) is 21.7. The summed E-state index contributed by atoms with van der Waals surface area (Å²) in [5.74, 6) is 3.07. The second-order valence-electron chi connectivity index (χ2n) is 8.94. The lowest BCUT2D eigenvalue weighted by Crippen LogP contribution is -2.11. The number of nitrogens with zero attached hydrogens (tertiary/aromatic N) is 3. The molecule has 0 unspecified atom stereocenters. The Morgan fingerprint density at radius 1 is 1.06 bits per heavy atom. The first-order valence-corrected chi connectivity index (χ1v) is 13.1. The Bertz CT molecular complexity index is 1330. The molecule has 0 N–H and O–H groups in total. The van der Waals surface area contributed by atoms with E-state index in [1.165, 1.54) is 40.6 Å². The molecule has 7 heteroatoms. The normalized spacial score (nSPS) is 15.1. The monoisotopic (exact) mass is 463 g/mol. The molecule has 5 nitrogen and oxygen atoms in total. The molecule has 0 amide bonds. The van der Waals surface area contributed by atoms with Gasteiger partial charge in [-0.2, -0.15) is 0 Å². The van der Waals surface area contributed by atoms with E-state index in [0.717, 1.165) is 56.6 Å². The lowest BCUT2D eigenvalue weighted by molar-refractivity contribution is 0.174. The van der Waals surface area contributed by atoms with E-state index in [1.54, 1.807) is 29.4 Å². The van der Waals surface area contributed by atoms with Gasteiger partial charge in [0.15, 0.2) is 11.5 Å². The molecule has 4 aromatic rings. The summed E-state index contributed by atoms with van der Waals surface area (Å²) in [5.41, 5.74) is 6.56. The molecule has 0 atom stereocenters. The van der Waals surface area contributed by atoms with Gasteiger partial charge in [0.1, 0.15) is 16.2 Å². The highest BCUT2D eigenvalue weighted by molar-refractivity contribution is 7.98. The molecular formula is C25H25N3O2S2. The highest BCUT2D eigenvalue weighted by Crippen LogP contribution is 2.42. The molecule has 0 spiro atoms. The highest BCUT2D eigenvalue weighted by atomic mass is 32.2. The van der Waals surface area contributed by atoms with Gasteiger partial charge in [0, 0.05) is 16.8 Å². The first-order valence-electron chi connectivity index (χ1n) is 11.3.